The second-order valence-electron chi connectivity index (χ2n) is 12.4. The summed E-state index contributed by atoms with van der Waals surface area (Å²) in [7, 11) is 0. The Hall–Kier alpha value is -3.64. The van der Waals surface area contributed by atoms with Crippen LogP contribution in [0.4, 0.5) is 0 Å². The smallest absolute Gasteiger partial charge is 0.0673 e. The van der Waals surface area contributed by atoms with Crippen LogP contribution < -0.4 is 0 Å². The fourth-order valence-corrected chi connectivity index (χ4v) is 6.70. The summed E-state index contributed by atoms with van der Waals surface area (Å²) in [6, 6.07) is 34.6. The van der Waals surface area contributed by atoms with Crippen molar-refractivity contribution < 1.29 is 0 Å². The van der Waals surface area contributed by atoms with Gasteiger partial charge in [0.2, 0.25) is 0 Å². The Bertz CT molecular complexity index is 1520. The van der Waals surface area contributed by atoms with Gasteiger partial charge in [-0.3, -0.25) is 0 Å². The fraction of sp³-hybridized carbons (Fsp3) is 0.263. The van der Waals surface area contributed by atoms with Crippen LogP contribution in [-0.2, 0) is 11.8 Å². The third-order valence-corrected chi connectivity index (χ3v) is 8.75. The molecule has 0 amide bonds. The van der Waals surface area contributed by atoms with Crippen LogP contribution in [0.3, 0.4) is 0 Å². The Morgan fingerprint density at radius 1 is 0.658 bits per heavy atom. The third kappa shape index (κ3) is 3.81. The van der Waals surface area contributed by atoms with E-state index in [0.717, 1.165) is 6.42 Å². The van der Waals surface area contributed by atoms with E-state index in [0.29, 0.717) is 5.92 Å². The van der Waals surface area contributed by atoms with Gasteiger partial charge < -0.3 is 0 Å². The SMILES string of the molecule is Cc1ccc(C(C2=CC(C(C)(C)C)=CC2C)(c2ccc(C)cc2)c2cccc3c2Cc2ccccc2-3)cc1. The van der Waals surface area contributed by atoms with Crippen LogP contribution >= 0.6 is 0 Å². The first-order valence-corrected chi connectivity index (χ1v) is 14.0. The molecule has 0 saturated carbocycles. The molecule has 0 radical (unpaired) electrons. The zero-order valence-corrected chi connectivity index (χ0v) is 23.6. The number of aryl methyl sites for hydroxylation is 2. The standard InChI is InChI=1S/C38H38/c1-25-14-18-29(19-15-25)38(30-20-16-26(2)17-21-30,36-24-31(22-27(36)3)37(4,5)6)35-13-9-12-33-32-11-8-7-10-28(32)23-34(33)35/h7-22,24,27H,23H2,1-6H3. The van der Waals surface area contributed by atoms with Crippen molar-refractivity contribution in [2.45, 2.75) is 53.4 Å². The maximum absolute atomic E-state index is 2.53. The molecular formula is C38H38. The summed E-state index contributed by atoms with van der Waals surface area (Å²) in [5, 5.41) is 0. The Balaban J connectivity index is 1.73. The van der Waals surface area contributed by atoms with Crippen LogP contribution in [0.2, 0.25) is 0 Å². The molecule has 0 aromatic heterocycles. The van der Waals surface area contributed by atoms with Gasteiger partial charge in [0.1, 0.15) is 0 Å². The van der Waals surface area contributed by atoms with Crippen molar-refractivity contribution in [1.29, 1.82) is 0 Å². The van der Waals surface area contributed by atoms with Gasteiger partial charge >= 0.3 is 0 Å². The molecule has 0 aliphatic heterocycles. The maximum Gasteiger partial charge on any atom is 0.0673 e. The minimum Gasteiger partial charge on any atom is -0.0738 e. The molecule has 4 aromatic rings. The van der Waals surface area contributed by atoms with E-state index in [2.05, 4.69) is 145 Å². The first kappa shape index (κ1) is 24.7. The van der Waals surface area contributed by atoms with Crippen LogP contribution in [0.25, 0.3) is 11.1 Å². The lowest BCUT2D eigenvalue weighted by Gasteiger charge is -2.41. The largest absolute Gasteiger partial charge is 0.0738 e. The lowest BCUT2D eigenvalue weighted by molar-refractivity contribution is 0.516. The van der Waals surface area contributed by atoms with Gasteiger partial charge in [0.05, 0.1) is 5.41 Å². The minimum absolute atomic E-state index is 0.0944. The second-order valence-corrected chi connectivity index (χ2v) is 12.4. The predicted octanol–water partition coefficient (Wildman–Crippen LogP) is 9.76. The van der Waals surface area contributed by atoms with Crippen molar-refractivity contribution in [1.82, 2.24) is 0 Å². The summed E-state index contributed by atoms with van der Waals surface area (Å²) in [6.07, 6.45) is 6.01. The molecular weight excluding hydrogens is 456 g/mol. The van der Waals surface area contributed by atoms with Crippen molar-refractivity contribution in [3.8, 4) is 11.1 Å². The molecule has 0 spiro atoms. The average molecular weight is 495 g/mol. The molecule has 38 heavy (non-hydrogen) atoms. The van der Waals surface area contributed by atoms with Crippen molar-refractivity contribution in [2.75, 3.05) is 0 Å². The topological polar surface area (TPSA) is 0 Å². The van der Waals surface area contributed by atoms with E-state index in [-0.39, 0.29) is 5.41 Å². The van der Waals surface area contributed by atoms with E-state index < -0.39 is 5.41 Å². The highest BCUT2D eigenvalue weighted by Gasteiger charge is 2.45. The molecule has 0 bridgehead atoms. The summed E-state index contributed by atoms with van der Waals surface area (Å²) >= 11 is 0. The molecule has 2 aliphatic carbocycles. The Labute approximate surface area is 228 Å². The number of rotatable bonds is 4. The summed E-state index contributed by atoms with van der Waals surface area (Å²) in [5.74, 6) is 0.325. The molecule has 6 rings (SSSR count). The van der Waals surface area contributed by atoms with Crippen LogP contribution in [0, 0.1) is 25.2 Å². The molecule has 0 fully saturated rings. The molecule has 190 valence electrons. The number of hydrogen-bond donors (Lipinski definition) is 0. The Morgan fingerprint density at radius 2 is 1.24 bits per heavy atom. The van der Waals surface area contributed by atoms with Gasteiger partial charge in [-0.05, 0) is 81.7 Å². The number of fused-ring (bicyclic) bond motifs is 3. The van der Waals surface area contributed by atoms with E-state index in [4.69, 9.17) is 0 Å². The number of hydrogen-bond acceptors (Lipinski definition) is 0. The van der Waals surface area contributed by atoms with Crippen LogP contribution in [0.5, 0.6) is 0 Å². The van der Waals surface area contributed by atoms with Crippen molar-refractivity contribution >= 4 is 0 Å². The first-order valence-electron chi connectivity index (χ1n) is 14.0. The van der Waals surface area contributed by atoms with Gasteiger partial charge in [-0.25, -0.2) is 0 Å². The molecule has 0 heteroatoms. The van der Waals surface area contributed by atoms with Gasteiger partial charge in [0, 0.05) is 0 Å². The minimum atomic E-state index is -0.391. The maximum atomic E-state index is 2.53. The molecule has 0 heterocycles. The lowest BCUT2D eigenvalue weighted by atomic mass is 9.61. The molecule has 0 saturated heterocycles. The second kappa shape index (κ2) is 8.98. The molecule has 1 unspecified atom stereocenters. The zero-order valence-electron chi connectivity index (χ0n) is 23.6. The third-order valence-electron chi connectivity index (χ3n) is 8.75. The molecule has 4 aromatic carbocycles. The fourth-order valence-electron chi connectivity index (χ4n) is 6.70. The molecule has 1 atom stereocenters. The zero-order chi connectivity index (χ0) is 26.7. The summed E-state index contributed by atoms with van der Waals surface area (Å²) in [4.78, 5) is 0. The van der Waals surface area contributed by atoms with Crippen molar-refractivity contribution in [3.63, 3.8) is 0 Å². The van der Waals surface area contributed by atoms with Crippen molar-refractivity contribution in [3.05, 3.63) is 153 Å². The van der Waals surface area contributed by atoms with Crippen LogP contribution in [0.1, 0.15) is 66.6 Å². The van der Waals surface area contributed by atoms with Crippen LogP contribution in [0.15, 0.2) is 114 Å². The van der Waals surface area contributed by atoms with E-state index in [1.54, 1.807) is 0 Å². The summed E-state index contributed by atoms with van der Waals surface area (Å²) in [5.41, 5.74) is 15.0. The Kier molecular flexibility index (Phi) is 5.84. The number of benzene rings is 4. The monoisotopic (exact) mass is 494 g/mol. The highest BCUT2D eigenvalue weighted by atomic mass is 14.5. The summed E-state index contributed by atoms with van der Waals surface area (Å²) < 4.78 is 0. The van der Waals surface area contributed by atoms with Gasteiger partial charge in [-0.1, -0.05) is 142 Å². The molecule has 2 aliphatic rings. The average Bonchev–Trinajstić information content (AvgIpc) is 3.48. The van der Waals surface area contributed by atoms with Gasteiger partial charge in [-0.2, -0.15) is 0 Å². The quantitative estimate of drug-likeness (QED) is 0.218. The predicted molar refractivity (Wildman–Crippen MR) is 162 cm³/mol. The van der Waals surface area contributed by atoms with E-state index in [1.165, 1.54) is 61.2 Å². The van der Waals surface area contributed by atoms with Gasteiger partial charge in [-0.15, -0.1) is 0 Å². The normalized spacial score (nSPS) is 16.6. The molecule has 0 nitrogen and oxygen atoms in total. The lowest BCUT2D eigenvalue weighted by Crippen LogP contribution is -2.35. The first-order chi connectivity index (χ1) is 18.2. The van der Waals surface area contributed by atoms with Crippen LogP contribution in [-0.4, -0.2) is 0 Å². The summed E-state index contributed by atoms with van der Waals surface area (Å²) in [6.45, 7) is 13.8. The Morgan fingerprint density at radius 3 is 1.82 bits per heavy atom. The van der Waals surface area contributed by atoms with E-state index in [1.807, 2.05) is 0 Å². The highest BCUT2D eigenvalue weighted by molar-refractivity contribution is 5.80. The van der Waals surface area contributed by atoms with Crippen molar-refractivity contribution in [2.24, 2.45) is 11.3 Å². The molecule has 0 N–H and O–H groups in total. The number of allylic oxidation sites excluding steroid dienone is 4. The van der Waals surface area contributed by atoms with Gasteiger partial charge in [0.25, 0.3) is 0 Å². The van der Waals surface area contributed by atoms with E-state index >= 15 is 0 Å². The highest BCUT2D eigenvalue weighted by Crippen LogP contribution is 2.55. The van der Waals surface area contributed by atoms with Gasteiger partial charge in [0.15, 0.2) is 0 Å². The van der Waals surface area contributed by atoms with E-state index in [9.17, 15) is 0 Å².